The summed E-state index contributed by atoms with van der Waals surface area (Å²) < 4.78 is 2.05. The van der Waals surface area contributed by atoms with E-state index in [9.17, 15) is 0 Å². The Morgan fingerprint density at radius 3 is 2.82 bits per heavy atom. The number of rotatable bonds is 5. The van der Waals surface area contributed by atoms with Crippen LogP contribution in [0.25, 0.3) is 0 Å². The summed E-state index contributed by atoms with van der Waals surface area (Å²) in [6.07, 6.45) is 5.39. The molecule has 17 heavy (non-hydrogen) atoms. The molecule has 0 amide bonds. The van der Waals surface area contributed by atoms with Crippen LogP contribution in [0.1, 0.15) is 37.6 Å². The van der Waals surface area contributed by atoms with E-state index < -0.39 is 0 Å². The molecule has 2 atom stereocenters. The van der Waals surface area contributed by atoms with Crippen LogP contribution < -0.4 is 5.32 Å². The summed E-state index contributed by atoms with van der Waals surface area (Å²) in [7, 11) is 2.07. The number of aromatic nitrogens is 2. The van der Waals surface area contributed by atoms with Crippen LogP contribution in [0.4, 0.5) is 0 Å². The van der Waals surface area contributed by atoms with Gasteiger partial charge in [0.1, 0.15) is 0 Å². The predicted molar refractivity (Wildman–Crippen MR) is 71.0 cm³/mol. The topological polar surface area (TPSA) is 29.9 Å². The molecule has 0 saturated heterocycles. The molecule has 2 unspecified atom stereocenters. The first-order valence-corrected chi connectivity index (χ1v) is 6.91. The molecular formula is C14H25N3. The number of hydrogen-bond acceptors (Lipinski definition) is 2. The molecule has 1 heterocycles. The third-order valence-corrected chi connectivity index (χ3v) is 4.04. The second-order valence-corrected chi connectivity index (χ2v) is 5.36. The number of nitrogens with zero attached hydrogens (tertiary/aromatic N) is 2. The Morgan fingerprint density at radius 2 is 2.18 bits per heavy atom. The van der Waals surface area contributed by atoms with Crippen LogP contribution >= 0.6 is 0 Å². The molecule has 0 aliphatic heterocycles. The van der Waals surface area contributed by atoms with Gasteiger partial charge in [-0.2, -0.15) is 5.10 Å². The highest BCUT2D eigenvalue weighted by molar-refractivity contribution is 5.10. The third-order valence-electron chi connectivity index (χ3n) is 4.04. The van der Waals surface area contributed by atoms with Crippen molar-refractivity contribution < 1.29 is 0 Å². The van der Waals surface area contributed by atoms with Crippen LogP contribution in [0.3, 0.4) is 0 Å². The third kappa shape index (κ3) is 3.09. The normalized spacial score (nSPS) is 24.4. The van der Waals surface area contributed by atoms with Crippen molar-refractivity contribution in [3.63, 3.8) is 0 Å². The molecule has 1 N–H and O–H groups in total. The van der Waals surface area contributed by atoms with Gasteiger partial charge in [-0.05, 0) is 57.2 Å². The van der Waals surface area contributed by atoms with Crippen molar-refractivity contribution in [2.75, 3.05) is 13.1 Å². The fourth-order valence-electron chi connectivity index (χ4n) is 3.10. The van der Waals surface area contributed by atoms with Gasteiger partial charge in [0.15, 0.2) is 0 Å². The van der Waals surface area contributed by atoms with Crippen LogP contribution in [-0.4, -0.2) is 22.9 Å². The fourth-order valence-corrected chi connectivity index (χ4v) is 3.10. The van der Waals surface area contributed by atoms with E-state index in [-0.39, 0.29) is 0 Å². The molecule has 0 bridgehead atoms. The van der Waals surface area contributed by atoms with E-state index in [1.54, 1.807) is 0 Å². The zero-order chi connectivity index (χ0) is 12.3. The van der Waals surface area contributed by atoms with Gasteiger partial charge < -0.3 is 5.32 Å². The minimum absolute atomic E-state index is 0.851. The van der Waals surface area contributed by atoms with Crippen molar-refractivity contribution in [1.29, 1.82) is 0 Å². The van der Waals surface area contributed by atoms with Gasteiger partial charge in [0.05, 0.1) is 5.69 Å². The van der Waals surface area contributed by atoms with E-state index in [4.69, 9.17) is 0 Å². The molecule has 1 aromatic heterocycles. The van der Waals surface area contributed by atoms with Crippen LogP contribution in [0.15, 0.2) is 6.07 Å². The molecule has 3 heteroatoms. The van der Waals surface area contributed by atoms with Crippen molar-refractivity contribution in [1.82, 2.24) is 15.1 Å². The molecule has 0 spiro atoms. The molecule has 2 rings (SSSR count). The molecule has 1 fully saturated rings. The van der Waals surface area contributed by atoms with Gasteiger partial charge in [-0.3, -0.25) is 4.68 Å². The van der Waals surface area contributed by atoms with Crippen molar-refractivity contribution in [2.45, 2.75) is 39.5 Å². The Bertz CT molecular complexity index is 356. The molecule has 0 radical (unpaired) electrons. The van der Waals surface area contributed by atoms with Crippen LogP contribution in [0.5, 0.6) is 0 Å². The van der Waals surface area contributed by atoms with Crippen molar-refractivity contribution in [3.05, 3.63) is 17.5 Å². The van der Waals surface area contributed by atoms with Crippen LogP contribution in [0.2, 0.25) is 0 Å². The minimum atomic E-state index is 0.851. The first-order chi connectivity index (χ1) is 8.20. The molecular weight excluding hydrogens is 210 g/mol. The maximum Gasteiger partial charge on any atom is 0.0596 e. The van der Waals surface area contributed by atoms with Gasteiger partial charge in [0.2, 0.25) is 0 Å². The molecule has 1 aromatic rings. The van der Waals surface area contributed by atoms with Crippen LogP contribution in [-0.2, 0) is 13.5 Å². The molecule has 1 saturated carbocycles. The molecule has 0 aromatic carbocycles. The lowest BCUT2D eigenvalue weighted by Gasteiger charge is -2.19. The maximum absolute atomic E-state index is 4.44. The quantitative estimate of drug-likeness (QED) is 0.848. The highest BCUT2D eigenvalue weighted by Crippen LogP contribution is 2.33. The summed E-state index contributed by atoms with van der Waals surface area (Å²) in [6.45, 7) is 6.55. The van der Waals surface area contributed by atoms with Gasteiger partial charge in [-0.1, -0.05) is 13.3 Å². The lowest BCUT2D eigenvalue weighted by molar-refractivity contribution is 0.362. The lowest BCUT2D eigenvalue weighted by atomic mass is 9.91. The van der Waals surface area contributed by atoms with Gasteiger partial charge in [-0.25, -0.2) is 0 Å². The average molecular weight is 235 g/mol. The molecule has 1 aliphatic carbocycles. The van der Waals surface area contributed by atoms with E-state index in [1.165, 1.54) is 37.9 Å². The Balaban J connectivity index is 1.95. The zero-order valence-corrected chi connectivity index (χ0v) is 11.4. The Kier molecular flexibility index (Phi) is 4.21. The summed E-state index contributed by atoms with van der Waals surface area (Å²) in [5.41, 5.74) is 2.54. The zero-order valence-electron chi connectivity index (χ0n) is 11.4. The summed E-state index contributed by atoms with van der Waals surface area (Å²) in [4.78, 5) is 0. The first kappa shape index (κ1) is 12.6. The monoisotopic (exact) mass is 235 g/mol. The van der Waals surface area contributed by atoms with Gasteiger partial charge >= 0.3 is 0 Å². The van der Waals surface area contributed by atoms with E-state index >= 15 is 0 Å². The maximum atomic E-state index is 4.44. The number of nitrogens with one attached hydrogen (secondary N) is 1. The van der Waals surface area contributed by atoms with Crippen molar-refractivity contribution in [3.8, 4) is 0 Å². The number of aryl methyl sites for hydroxylation is 2. The Hall–Kier alpha value is -0.830. The van der Waals surface area contributed by atoms with E-state index in [0.717, 1.165) is 24.1 Å². The second-order valence-electron chi connectivity index (χ2n) is 5.36. The van der Waals surface area contributed by atoms with E-state index in [2.05, 4.69) is 42.1 Å². The molecule has 96 valence electrons. The first-order valence-electron chi connectivity index (χ1n) is 6.91. The average Bonchev–Trinajstić information content (AvgIpc) is 2.84. The summed E-state index contributed by atoms with van der Waals surface area (Å²) in [5.74, 6) is 1.72. The van der Waals surface area contributed by atoms with Gasteiger partial charge in [-0.15, -0.1) is 0 Å². The highest BCUT2D eigenvalue weighted by atomic mass is 15.3. The fraction of sp³-hybridized carbons (Fsp3) is 0.786. The lowest BCUT2D eigenvalue weighted by Crippen LogP contribution is -2.26. The van der Waals surface area contributed by atoms with Crippen molar-refractivity contribution in [2.24, 2.45) is 18.9 Å². The summed E-state index contributed by atoms with van der Waals surface area (Å²) >= 11 is 0. The Labute approximate surface area is 105 Å². The molecule has 1 aliphatic rings. The van der Waals surface area contributed by atoms with E-state index in [0.29, 0.717) is 0 Å². The smallest absolute Gasteiger partial charge is 0.0596 e. The SMILES string of the molecule is CCNCC1CCCC1Cc1cc(C)nn1C. The van der Waals surface area contributed by atoms with Gasteiger partial charge in [0, 0.05) is 12.7 Å². The summed E-state index contributed by atoms with van der Waals surface area (Å²) in [5, 5.41) is 7.94. The second kappa shape index (κ2) is 5.67. The minimum Gasteiger partial charge on any atom is -0.317 e. The Morgan fingerprint density at radius 1 is 1.41 bits per heavy atom. The van der Waals surface area contributed by atoms with Gasteiger partial charge in [0.25, 0.3) is 0 Å². The predicted octanol–water partition coefficient (Wildman–Crippen LogP) is 2.30. The van der Waals surface area contributed by atoms with Crippen LogP contribution in [0, 0.1) is 18.8 Å². The van der Waals surface area contributed by atoms with Crippen molar-refractivity contribution >= 4 is 0 Å². The summed E-state index contributed by atoms with van der Waals surface area (Å²) in [6, 6.07) is 2.24. The largest absolute Gasteiger partial charge is 0.317 e. The highest BCUT2D eigenvalue weighted by Gasteiger charge is 2.27. The number of hydrogen-bond donors (Lipinski definition) is 1. The van der Waals surface area contributed by atoms with E-state index in [1.807, 2.05) is 0 Å². The standard InChI is InChI=1S/C14H25N3/c1-4-15-10-13-7-5-6-12(13)9-14-8-11(2)16-17(14)3/h8,12-13,15H,4-7,9-10H2,1-3H3. The molecule has 3 nitrogen and oxygen atoms in total.